The van der Waals surface area contributed by atoms with Gasteiger partial charge in [0.05, 0.1) is 11.1 Å². The molecule has 0 bridgehead atoms. The summed E-state index contributed by atoms with van der Waals surface area (Å²) in [6.45, 7) is 2.06. The van der Waals surface area contributed by atoms with Crippen molar-refractivity contribution in [1.82, 2.24) is 19.7 Å². The number of hydrogen-bond donors (Lipinski definition) is 1. The average molecular weight is 440 g/mol. The van der Waals surface area contributed by atoms with Crippen LogP contribution in [0, 0.1) is 6.92 Å². The highest BCUT2D eigenvalue weighted by Gasteiger charge is 2.16. The average Bonchev–Trinajstić information content (AvgIpc) is 3.45. The van der Waals surface area contributed by atoms with Crippen LogP contribution in [0.15, 0.2) is 78.6 Å². The molecule has 32 heavy (non-hydrogen) atoms. The van der Waals surface area contributed by atoms with Gasteiger partial charge in [-0.25, -0.2) is 9.67 Å². The van der Waals surface area contributed by atoms with E-state index in [1.54, 1.807) is 34.6 Å². The van der Waals surface area contributed by atoms with Crippen LogP contribution >= 0.6 is 11.3 Å². The van der Waals surface area contributed by atoms with E-state index in [-0.39, 0.29) is 12.5 Å². The Morgan fingerprint density at radius 1 is 1.00 bits per heavy atom. The fourth-order valence-electron chi connectivity index (χ4n) is 3.81. The third kappa shape index (κ3) is 4.15. The molecule has 5 aromatic rings. The fourth-order valence-corrected chi connectivity index (χ4v) is 4.57. The molecule has 0 aliphatic rings. The molecule has 0 atom stereocenters. The van der Waals surface area contributed by atoms with E-state index >= 15 is 0 Å². The Morgan fingerprint density at radius 3 is 2.53 bits per heavy atom. The van der Waals surface area contributed by atoms with Gasteiger partial charge in [-0.15, -0.1) is 11.3 Å². The molecule has 158 valence electrons. The van der Waals surface area contributed by atoms with E-state index in [1.165, 1.54) is 11.1 Å². The summed E-state index contributed by atoms with van der Waals surface area (Å²) < 4.78 is 1.68. The topological polar surface area (TPSA) is 72.7 Å². The highest BCUT2D eigenvalue weighted by Crippen LogP contribution is 2.32. The summed E-state index contributed by atoms with van der Waals surface area (Å²) >= 11 is 1.68. The lowest BCUT2D eigenvalue weighted by molar-refractivity contribution is -0.116. The van der Waals surface area contributed by atoms with Crippen LogP contribution in [-0.2, 0) is 17.8 Å². The summed E-state index contributed by atoms with van der Waals surface area (Å²) in [5.74, 6) is -0.139. The van der Waals surface area contributed by atoms with Crippen LogP contribution in [0.5, 0.6) is 0 Å². The van der Waals surface area contributed by atoms with E-state index in [9.17, 15) is 4.79 Å². The number of aromatic nitrogens is 4. The standard InChI is InChI=1S/C25H21N5OS/c1-17-24-21(22-3-2-14-32-22)10-13-27-25(24)30(29-17)16-23(31)28-20-6-4-18(5-7-20)15-19-8-11-26-12-9-19/h2-14H,15-16H2,1H3,(H,28,31). The van der Waals surface area contributed by atoms with Crippen molar-refractivity contribution in [2.75, 3.05) is 5.32 Å². The largest absolute Gasteiger partial charge is 0.324 e. The number of nitrogens with one attached hydrogen (secondary N) is 1. The second kappa shape index (κ2) is 8.72. The fraction of sp³-hybridized carbons (Fsp3) is 0.120. The minimum atomic E-state index is -0.139. The Balaban J connectivity index is 1.31. The van der Waals surface area contributed by atoms with Crippen molar-refractivity contribution < 1.29 is 4.79 Å². The van der Waals surface area contributed by atoms with E-state index in [0.717, 1.165) is 39.3 Å². The molecule has 1 amide bonds. The van der Waals surface area contributed by atoms with Crippen molar-refractivity contribution in [2.45, 2.75) is 19.9 Å². The van der Waals surface area contributed by atoms with Gasteiger partial charge >= 0.3 is 0 Å². The third-order valence-corrected chi connectivity index (χ3v) is 6.19. The Kier molecular flexibility index (Phi) is 5.47. The first-order valence-electron chi connectivity index (χ1n) is 10.3. The molecule has 7 heteroatoms. The number of amides is 1. The summed E-state index contributed by atoms with van der Waals surface area (Å²) in [6.07, 6.45) is 6.19. The first-order chi connectivity index (χ1) is 15.7. The van der Waals surface area contributed by atoms with E-state index in [1.807, 2.05) is 55.5 Å². The molecular formula is C25H21N5OS. The maximum atomic E-state index is 12.7. The van der Waals surface area contributed by atoms with Gasteiger partial charge in [-0.05, 0) is 66.2 Å². The van der Waals surface area contributed by atoms with E-state index in [4.69, 9.17) is 0 Å². The minimum Gasteiger partial charge on any atom is -0.324 e. The quantitative estimate of drug-likeness (QED) is 0.400. The number of anilines is 1. The molecule has 0 spiro atoms. The summed E-state index contributed by atoms with van der Waals surface area (Å²) in [4.78, 5) is 22.4. The molecule has 0 saturated carbocycles. The molecule has 6 nitrogen and oxygen atoms in total. The van der Waals surface area contributed by atoms with Gasteiger partial charge in [0.1, 0.15) is 6.54 Å². The van der Waals surface area contributed by atoms with Gasteiger partial charge in [0.15, 0.2) is 5.65 Å². The molecule has 0 aliphatic carbocycles. The van der Waals surface area contributed by atoms with E-state index < -0.39 is 0 Å². The maximum Gasteiger partial charge on any atom is 0.246 e. The number of fused-ring (bicyclic) bond motifs is 1. The molecule has 1 N–H and O–H groups in total. The van der Waals surface area contributed by atoms with Crippen molar-refractivity contribution in [2.24, 2.45) is 0 Å². The number of pyridine rings is 2. The molecule has 0 unspecified atom stereocenters. The lowest BCUT2D eigenvalue weighted by Gasteiger charge is -2.08. The first kappa shape index (κ1) is 20.1. The zero-order valence-electron chi connectivity index (χ0n) is 17.5. The molecular weight excluding hydrogens is 418 g/mol. The minimum absolute atomic E-state index is 0.101. The van der Waals surface area contributed by atoms with Crippen molar-refractivity contribution in [3.63, 3.8) is 0 Å². The number of hydrogen-bond acceptors (Lipinski definition) is 5. The molecule has 0 saturated heterocycles. The second-order valence-electron chi connectivity index (χ2n) is 7.55. The van der Waals surface area contributed by atoms with E-state index in [2.05, 4.69) is 31.8 Å². The van der Waals surface area contributed by atoms with Gasteiger partial charge in [0.2, 0.25) is 5.91 Å². The zero-order chi connectivity index (χ0) is 21.9. The number of rotatable bonds is 6. The molecule has 0 aliphatic heterocycles. The SMILES string of the molecule is Cc1nn(CC(=O)Nc2ccc(Cc3ccncc3)cc2)c2nccc(-c3cccs3)c12. The monoisotopic (exact) mass is 439 g/mol. The number of nitrogens with zero attached hydrogens (tertiary/aromatic N) is 4. The van der Waals surface area contributed by atoms with Crippen molar-refractivity contribution in [1.29, 1.82) is 0 Å². The highest BCUT2D eigenvalue weighted by molar-refractivity contribution is 7.13. The Morgan fingerprint density at radius 2 is 1.78 bits per heavy atom. The van der Waals surface area contributed by atoms with Crippen molar-refractivity contribution >= 4 is 34.0 Å². The summed E-state index contributed by atoms with van der Waals surface area (Å²) in [6, 6.07) is 18.0. The first-order valence-corrected chi connectivity index (χ1v) is 11.2. The van der Waals surface area contributed by atoms with Gasteiger partial charge in [-0.1, -0.05) is 18.2 Å². The molecule has 4 aromatic heterocycles. The molecule has 0 fully saturated rings. The number of aryl methyl sites for hydroxylation is 1. The predicted octanol–water partition coefficient (Wildman–Crippen LogP) is 5.09. The predicted molar refractivity (Wildman–Crippen MR) is 128 cm³/mol. The molecule has 1 aromatic carbocycles. The highest BCUT2D eigenvalue weighted by atomic mass is 32.1. The van der Waals surface area contributed by atoms with Crippen LogP contribution in [0.1, 0.15) is 16.8 Å². The van der Waals surface area contributed by atoms with Crippen LogP contribution in [0.4, 0.5) is 5.69 Å². The van der Waals surface area contributed by atoms with Gasteiger partial charge in [-0.2, -0.15) is 5.10 Å². The van der Waals surface area contributed by atoms with Crippen molar-refractivity contribution in [3.8, 4) is 10.4 Å². The van der Waals surface area contributed by atoms with Gasteiger partial charge in [-0.3, -0.25) is 9.78 Å². The Bertz CT molecular complexity index is 1360. The number of thiophene rings is 1. The number of benzene rings is 1. The smallest absolute Gasteiger partial charge is 0.246 e. The Labute approximate surface area is 189 Å². The van der Waals surface area contributed by atoms with Crippen LogP contribution in [0.3, 0.4) is 0 Å². The molecule has 0 radical (unpaired) electrons. The number of carbonyl (C=O) groups is 1. The van der Waals surface area contributed by atoms with Gasteiger partial charge in [0.25, 0.3) is 0 Å². The second-order valence-corrected chi connectivity index (χ2v) is 8.50. The maximum absolute atomic E-state index is 12.7. The lowest BCUT2D eigenvalue weighted by Crippen LogP contribution is -2.19. The van der Waals surface area contributed by atoms with Crippen LogP contribution < -0.4 is 5.32 Å². The Hall–Kier alpha value is -3.84. The summed E-state index contributed by atoms with van der Waals surface area (Å²) in [7, 11) is 0. The van der Waals surface area contributed by atoms with Crippen LogP contribution in [0.25, 0.3) is 21.5 Å². The summed E-state index contributed by atoms with van der Waals surface area (Å²) in [5.41, 5.74) is 5.81. The normalized spacial score (nSPS) is 11.0. The van der Waals surface area contributed by atoms with Gasteiger partial charge in [0, 0.05) is 34.7 Å². The molecule has 5 rings (SSSR count). The van der Waals surface area contributed by atoms with Gasteiger partial charge < -0.3 is 5.32 Å². The molecule has 4 heterocycles. The van der Waals surface area contributed by atoms with Crippen LogP contribution in [0.2, 0.25) is 0 Å². The summed E-state index contributed by atoms with van der Waals surface area (Å²) in [5, 5.41) is 10.6. The lowest BCUT2D eigenvalue weighted by atomic mass is 10.1. The third-order valence-electron chi connectivity index (χ3n) is 5.28. The van der Waals surface area contributed by atoms with E-state index in [0.29, 0.717) is 0 Å². The van der Waals surface area contributed by atoms with Crippen LogP contribution in [-0.4, -0.2) is 25.7 Å². The number of carbonyl (C=O) groups excluding carboxylic acids is 1. The zero-order valence-corrected chi connectivity index (χ0v) is 18.3. The van der Waals surface area contributed by atoms with Crippen molar-refractivity contribution in [3.05, 3.63) is 95.4 Å².